The van der Waals surface area contributed by atoms with Crippen LogP contribution in [0.3, 0.4) is 0 Å². The Morgan fingerprint density at radius 1 is 0.909 bits per heavy atom. The number of hydrogen-bond acceptors (Lipinski definition) is 4. The van der Waals surface area contributed by atoms with E-state index in [9.17, 15) is 9.59 Å². The Morgan fingerprint density at radius 2 is 1.58 bits per heavy atom. The number of hydrogen-bond donors (Lipinski definition) is 1. The van der Waals surface area contributed by atoms with Crippen LogP contribution >= 0.6 is 11.6 Å². The predicted octanol–water partition coefficient (Wildman–Crippen LogP) is 5.86. The summed E-state index contributed by atoms with van der Waals surface area (Å²) in [6.45, 7) is 4.32. The summed E-state index contributed by atoms with van der Waals surface area (Å²) >= 11 is 6.31. The fourth-order valence-corrected chi connectivity index (χ4v) is 4.02. The summed E-state index contributed by atoms with van der Waals surface area (Å²) in [5, 5.41) is 3.70. The number of imide groups is 1. The molecule has 1 N–H and O–H groups in total. The number of anilines is 1. The van der Waals surface area contributed by atoms with Gasteiger partial charge in [0.1, 0.15) is 11.4 Å². The Bertz CT molecular complexity index is 1230. The van der Waals surface area contributed by atoms with Crippen molar-refractivity contribution in [2.45, 2.75) is 26.3 Å². The largest absolute Gasteiger partial charge is 0.496 e. The van der Waals surface area contributed by atoms with Gasteiger partial charge in [-0.1, -0.05) is 74.0 Å². The van der Waals surface area contributed by atoms with Crippen molar-refractivity contribution in [3.63, 3.8) is 0 Å². The molecular formula is C27H25ClN2O3. The molecule has 0 aliphatic carbocycles. The molecule has 1 aliphatic rings. The molecule has 2 amide bonds. The lowest BCUT2D eigenvalue weighted by Crippen LogP contribution is -2.32. The molecule has 1 heterocycles. The van der Waals surface area contributed by atoms with Gasteiger partial charge in [-0.15, -0.1) is 0 Å². The molecule has 6 heteroatoms. The Morgan fingerprint density at radius 3 is 2.24 bits per heavy atom. The lowest BCUT2D eigenvalue weighted by Gasteiger charge is -2.16. The van der Waals surface area contributed by atoms with Crippen molar-refractivity contribution >= 4 is 34.7 Å². The molecule has 0 spiro atoms. The zero-order chi connectivity index (χ0) is 23.5. The van der Waals surface area contributed by atoms with E-state index in [0.717, 1.165) is 5.69 Å². The van der Waals surface area contributed by atoms with Crippen LogP contribution in [0.5, 0.6) is 5.75 Å². The molecule has 168 valence electrons. The Kier molecular flexibility index (Phi) is 6.52. The average molecular weight is 461 g/mol. The Labute approximate surface area is 198 Å². The van der Waals surface area contributed by atoms with Crippen molar-refractivity contribution in [3.05, 3.63) is 100 Å². The van der Waals surface area contributed by atoms with Gasteiger partial charge in [0.05, 0.1) is 19.2 Å². The molecule has 0 radical (unpaired) electrons. The van der Waals surface area contributed by atoms with E-state index in [1.165, 1.54) is 10.5 Å². The minimum atomic E-state index is -0.409. The van der Waals surface area contributed by atoms with Crippen LogP contribution in [0.1, 0.15) is 36.5 Å². The summed E-state index contributed by atoms with van der Waals surface area (Å²) in [5.74, 6) is 0.102. The molecule has 1 aliphatic heterocycles. The summed E-state index contributed by atoms with van der Waals surface area (Å²) in [4.78, 5) is 28.3. The Balaban J connectivity index is 1.76. The van der Waals surface area contributed by atoms with E-state index in [0.29, 0.717) is 27.8 Å². The van der Waals surface area contributed by atoms with Crippen molar-refractivity contribution in [2.24, 2.45) is 0 Å². The first-order valence-corrected chi connectivity index (χ1v) is 11.1. The van der Waals surface area contributed by atoms with Gasteiger partial charge in [-0.3, -0.25) is 14.5 Å². The van der Waals surface area contributed by atoms with Crippen molar-refractivity contribution < 1.29 is 14.3 Å². The van der Waals surface area contributed by atoms with Crippen LogP contribution in [0.25, 0.3) is 5.57 Å². The highest BCUT2D eigenvalue weighted by Crippen LogP contribution is 2.36. The van der Waals surface area contributed by atoms with Gasteiger partial charge in [0.2, 0.25) is 0 Å². The lowest BCUT2D eigenvalue weighted by molar-refractivity contribution is -0.137. The van der Waals surface area contributed by atoms with Crippen LogP contribution in [0.4, 0.5) is 5.69 Å². The molecule has 0 fully saturated rings. The first-order valence-electron chi connectivity index (χ1n) is 10.7. The number of para-hydroxylation sites is 1. The zero-order valence-electron chi connectivity index (χ0n) is 18.8. The van der Waals surface area contributed by atoms with Crippen LogP contribution in [-0.4, -0.2) is 23.8 Å². The first kappa shape index (κ1) is 22.6. The van der Waals surface area contributed by atoms with Gasteiger partial charge in [-0.2, -0.15) is 0 Å². The van der Waals surface area contributed by atoms with E-state index in [2.05, 4.69) is 19.2 Å². The van der Waals surface area contributed by atoms with Crippen LogP contribution in [0.2, 0.25) is 5.02 Å². The van der Waals surface area contributed by atoms with Gasteiger partial charge in [-0.05, 0) is 41.3 Å². The fraction of sp³-hybridized carbons (Fsp3) is 0.185. The average Bonchev–Trinajstić information content (AvgIpc) is 3.04. The van der Waals surface area contributed by atoms with Gasteiger partial charge in [0.25, 0.3) is 11.8 Å². The zero-order valence-corrected chi connectivity index (χ0v) is 19.5. The van der Waals surface area contributed by atoms with Gasteiger partial charge in [0.15, 0.2) is 0 Å². The quantitative estimate of drug-likeness (QED) is 0.448. The standard InChI is InChI=1S/C27H25ClN2O3/c1-17(2)18-12-14-20(15-13-18)29-25-24(21-9-5-7-11-23(21)33-3)26(31)30(27(25)32)16-19-8-4-6-10-22(19)28/h4-15,17,29H,16H2,1-3H3. The third-order valence-corrected chi connectivity index (χ3v) is 6.05. The maximum Gasteiger partial charge on any atom is 0.278 e. The third kappa shape index (κ3) is 4.50. The normalized spacial score (nSPS) is 13.8. The number of halogens is 1. The molecular weight excluding hydrogens is 436 g/mol. The number of nitrogens with one attached hydrogen (secondary N) is 1. The second-order valence-corrected chi connectivity index (χ2v) is 8.55. The van der Waals surface area contributed by atoms with Crippen molar-refractivity contribution in [1.82, 2.24) is 4.90 Å². The SMILES string of the molecule is COc1ccccc1C1=C(Nc2ccc(C(C)C)cc2)C(=O)N(Cc2ccccc2Cl)C1=O. The monoisotopic (exact) mass is 460 g/mol. The number of carbonyl (C=O) groups is 2. The second kappa shape index (κ2) is 9.51. The molecule has 0 unspecified atom stereocenters. The molecule has 3 aromatic rings. The summed E-state index contributed by atoms with van der Waals surface area (Å²) in [6, 6.07) is 22.2. The number of carbonyl (C=O) groups excluding carboxylic acids is 2. The third-order valence-electron chi connectivity index (χ3n) is 5.68. The predicted molar refractivity (Wildman–Crippen MR) is 131 cm³/mol. The van der Waals surface area contributed by atoms with Gasteiger partial charge in [-0.25, -0.2) is 0 Å². The van der Waals surface area contributed by atoms with Crippen molar-refractivity contribution in [3.8, 4) is 5.75 Å². The van der Waals surface area contributed by atoms with E-state index in [-0.39, 0.29) is 17.8 Å². The minimum Gasteiger partial charge on any atom is -0.496 e. The first-order chi connectivity index (χ1) is 15.9. The van der Waals surface area contributed by atoms with E-state index in [4.69, 9.17) is 16.3 Å². The summed E-state index contributed by atoms with van der Waals surface area (Å²) in [7, 11) is 1.54. The number of amides is 2. The van der Waals surface area contributed by atoms with Crippen LogP contribution in [-0.2, 0) is 16.1 Å². The summed E-state index contributed by atoms with van der Waals surface area (Å²) < 4.78 is 5.49. The van der Waals surface area contributed by atoms with Crippen LogP contribution in [0, 0.1) is 0 Å². The molecule has 3 aromatic carbocycles. The molecule has 4 rings (SSSR count). The van der Waals surface area contributed by atoms with Gasteiger partial charge < -0.3 is 10.1 Å². The van der Waals surface area contributed by atoms with E-state index in [1.807, 2.05) is 54.6 Å². The number of methoxy groups -OCH3 is 1. The highest BCUT2D eigenvalue weighted by atomic mass is 35.5. The lowest BCUT2D eigenvalue weighted by atomic mass is 10.0. The van der Waals surface area contributed by atoms with Crippen molar-refractivity contribution in [1.29, 1.82) is 0 Å². The number of ether oxygens (including phenoxy) is 1. The molecule has 0 bridgehead atoms. The smallest absolute Gasteiger partial charge is 0.278 e. The maximum absolute atomic E-state index is 13.6. The Hall–Kier alpha value is -3.57. The highest BCUT2D eigenvalue weighted by Gasteiger charge is 2.40. The highest BCUT2D eigenvalue weighted by molar-refractivity contribution is 6.37. The van der Waals surface area contributed by atoms with Crippen LogP contribution in [0.15, 0.2) is 78.5 Å². The van der Waals surface area contributed by atoms with E-state index >= 15 is 0 Å². The molecule has 5 nitrogen and oxygen atoms in total. The second-order valence-electron chi connectivity index (χ2n) is 8.14. The van der Waals surface area contributed by atoms with Crippen LogP contribution < -0.4 is 10.1 Å². The van der Waals surface area contributed by atoms with E-state index in [1.54, 1.807) is 25.3 Å². The number of benzene rings is 3. The topological polar surface area (TPSA) is 58.6 Å². The molecule has 33 heavy (non-hydrogen) atoms. The van der Waals surface area contributed by atoms with Gasteiger partial charge in [0, 0.05) is 16.3 Å². The molecule has 0 saturated heterocycles. The number of nitrogens with zero attached hydrogens (tertiary/aromatic N) is 1. The summed E-state index contributed by atoms with van der Waals surface area (Å²) in [6.07, 6.45) is 0. The molecule has 0 aromatic heterocycles. The molecule has 0 atom stereocenters. The summed E-state index contributed by atoms with van der Waals surface area (Å²) in [5.41, 5.74) is 3.66. The van der Waals surface area contributed by atoms with Gasteiger partial charge >= 0.3 is 0 Å². The fourth-order valence-electron chi connectivity index (χ4n) is 3.83. The maximum atomic E-state index is 13.6. The van der Waals surface area contributed by atoms with E-state index < -0.39 is 11.8 Å². The minimum absolute atomic E-state index is 0.0768. The molecule has 0 saturated carbocycles. The number of rotatable bonds is 7. The van der Waals surface area contributed by atoms with Crippen molar-refractivity contribution in [2.75, 3.05) is 12.4 Å².